The monoisotopic (exact) mass is 263 g/mol. The minimum atomic E-state index is 0.0125. The summed E-state index contributed by atoms with van der Waals surface area (Å²) >= 11 is 0. The molecule has 0 radical (unpaired) electrons. The first kappa shape index (κ1) is 13.8. The highest BCUT2D eigenvalue weighted by Gasteiger charge is 2.19. The molecule has 1 amide bonds. The lowest BCUT2D eigenvalue weighted by molar-refractivity contribution is -0.129. The third kappa shape index (κ3) is 3.67. The number of piperidine rings is 1. The van der Waals surface area contributed by atoms with Crippen molar-refractivity contribution in [2.45, 2.75) is 32.4 Å². The van der Waals surface area contributed by atoms with Gasteiger partial charge >= 0.3 is 0 Å². The lowest BCUT2D eigenvalue weighted by atomic mass is 10.0. The Morgan fingerprint density at radius 1 is 1.37 bits per heavy atom. The number of pyridine rings is 1. The maximum atomic E-state index is 11.3. The van der Waals surface area contributed by atoms with E-state index in [2.05, 4.69) is 5.32 Å². The molecule has 1 N–H and O–H groups in total. The standard InChI is InChI=1S/C14H21N3O2/c1-11(18)17-7-5-13(6-8-17)15-9-12-3-4-14(19)16(2)10-12/h3-4,10,13,15H,5-9H2,1-2H3. The fourth-order valence-electron chi connectivity index (χ4n) is 2.42. The van der Waals surface area contributed by atoms with Crippen LogP contribution in [0.3, 0.4) is 0 Å². The van der Waals surface area contributed by atoms with Gasteiger partial charge in [-0.1, -0.05) is 6.07 Å². The van der Waals surface area contributed by atoms with Gasteiger partial charge in [-0.25, -0.2) is 0 Å². The molecular formula is C14H21N3O2. The predicted molar refractivity (Wildman–Crippen MR) is 73.8 cm³/mol. The van der Waals surface area contributed by atoms with Crippen LogP contribution in [0.2, 0.25) is 0 Å². The second kappa shape index (κ2) is 6.02. The molecule has 1 fully saturated rings. The summed E-state index contributed by atoms with van der Waals surface area (Å²) in [6.45, 7) is 4.05. The number of aryl methyl sites for hydroxylation is 1. The smallest absolute Gasteiger partial charge is 0.250 e. The van der Waals surface area contributed by atoms with Crippen molar-refractivity contribution < 1.29 is 4.79 Å². The van der Waals surface area contributed by atoms with E-state index in [1.54, 1.807) is 24.6 Å². The van der Waals surface area contributed by atoms with E-state index in [4.69, 9.17) is 0 Å². The summed E-state index contributed by atoms with van der Waals surface area (Å²) in [5.74, 6) is 0.163. The molecular weight excluding hydrogens is 242 g/mol. The molecule has 0 aliphatic carbocycles. The Labute approximate surface area is 113 Å². The number of rotatable bonds is 3. The molecule has 1 saturated heterocycles. The van der Waals surface area contributed by atoms with Crippen LogP contribution in [0.5, 0.6) is 0 Å². The van der Waals surface area contributed by atoms with Gasteiger partial charge in [0.05, 0.1) is 0 Å². The van der Waals surface area contributed by atoms with Crippen LogP contribution < -0.4 is 10.9 Å². The summed E-state index contributed by atoms with van der Waals surface area (Å²) in [4.78, 5) is 24.4. The van der Waals surface area contributed by atoms with Gasteiger partial charge in [-0.15, -0.1) is 0 Å². The van der Waals surface area contributed by atoms with Crippen molar-refractivity contribution in [3.05, 3.63) is 34.2 Å². The van der Waals surface area contributed by atoms with Crippen LogP contribution in [-0.4, -0.2) is 34.5 Å². The highest BCUT2D eigenvalue weighted by Crippen LogP contribution is 2.11. The molecule has 2 heterocycles. The second-order valence-electron chi connectivity index (χ2n) is 5.15. The number of nitrogens with one attached hydrogen (secondary N) is 1. The van der Waals surface area contributed by atoms with Crippen LogP contribution in [0.1, 0.15) is 25.3 Å². The summed E-state index contributed by atoms with van der Waals surface area (Å²) in [7, 11) is 1.76. The summed E-state index contributed by atoms with van der Waals surface area (Å²) in [5.41, 5.74) is 1.12. The number of aromatic nitrogens is 1. The maximum Gasteiger partial charge on any atom is 0.250 e. The fraction of sp³-hybridized carbons (Fsp3) is 0.571. The Morgan fingerprint density at radius 3 is 2.63 bits per heavy atom. The number of carbonyl (C=O) groups is 1. The first-order valence-corrected chi connectivity index (χ1v) is 6.70. The van der Waals surface area contributed by atoms with Gasteiger partial charge in [0.2, 0.25) is 11.5 Å². The molecule has 0 atom stereocenters. The van der Waals surface area contributed by atoms with E-state index in [9.17, 15) is 9.59 Å². The maximum absolute atomic E-state index is 11.3. The van der Waals surface area contributed by atoms with E-state index in [0.717, 1.165) is 38.0 Å². The van der Waals surface area contributed by atoms with Crippen molar-refractivity contribution in [2.75, 3.05) is 13.1 Å². The van der Waals surface area contributed by atoms with Gasteiger partial charge in [0, 0.05) is 51.9 Å². The van der Waals surface area contributed by atoms with E-state index < -0.39 is 0 Å². The number of amides is 1. The molecule has 5 heteroatoms. The van der Waals surface area contributed by atoms with Gasteiger partial charge in [-0.05, 0) is 18.4 Å². The van der Waals surface area contributed by atoms with Crippen LogP contribution in [0.15, 0.2) is 23.1 Å². The lowest BCUT2D eigenvalue weighted by Crippen LogP contribution is -2.44. The van der Waals surface area contributed by atoms with Gasteiger partial charge in [-0.3, -0.25) is 9.59 Å². The highest BCUT2D eigenvalue weighted by atomic mass is 16.2. The zero-order valence-corrected chi connectivity index (χ0v) is 11.6. The molecule has 2 rings (SSSR count). The third-order valence-corrected chi connectivity index (χ3v) is 3.68. The number of nitrogens with zero attached hydrogens (tertiary/aromatic N) is 2. The van der Waals surface area contributed by atoms with Crippen molar-refractivity contribution in [1.29, 1.82) is 0 Å². The van der Waals surface area contributed by atoms with E-state index in [1.165, 1.54) is 0 Å². The van der Waals surface area contributed by atoms with Gasteiger partial charge in [0.25, 0.3) is 0 Å². The van der Waals surface area contributed by atoms with Crippen LogP contribution in [0, 0.1) is 0 Å². The molecule has 1 aromatic rings. The summed E-state index contributed by atoms with van der Waals surface area (Å²) in [5, 5.41) is 3.49. The summed E-state index contributed by atoms with van der Waals surface area (Å²) in [6, 6.07) is 3.91. The molecule has 19 heavy (non-hydrogen) atoms. The van der Waals surface area contributed by atoms with Crippen molar-refractivity contribution >= 4 is 5.91 Å². The van der Waals surface area contributed by atoms with Crippen molar-refractivity contribution in [2.24, 2.45) is 7.05 Å². The van der Waals surface area contributed by atoms with Gasteiger partial charge < -0.3 is 14.8 Å². The van der Waals surface area contributed by atoms with E-state index in [1.807, 2.05) is 17.2 Å². The van der Waals surface area contributed by atoms with E-state index >= 15 is 0 Å². The van der Waals surface area contributed by atoms with Crippen molar-refractivity contribution in [3.63, 3.8) is 0 Å². The summed E-state index contributed by atoms with van der Waals surface area (Å²) in [6.07, 6.45) is 3.84. The number of hydrogen-bond acceptors (Lipinski definition) is 3. The normalized spacial score (nSPS) is 16.6. The molecule has 0 aromatic carbocycles. The molecule has 1 aliphatic rings. The molecule has 0 spiro atoms. The van der Waals surface area contributed by atoms with Gasteiger partial charge in [-0.2, -0.15) is 0 Å². The van der Waals surface area contributed by atoms with Crippen LogP contribution in [0.25, 0.3) is 0 Å². The summed E-state index contributed by atoms with van der Waals surface area (Å²) < 4.78 is 1.59. The van der Waals surface area contributed by atoms with Crippen LogP contribution in [-0.2, 0) is 18.4 Å². The average molecular weight is 263 g/mol. The Bertz CT molecular complexity index is 502. The first-order valence-electron chi connectivity index (χ1n) is 6.70. The largest absolute Gasteiger partial charge is 0.343 e. The molecule has 0 bridgehead atoms. The molecule has 0 unspecified atom stereocenters. The molecule has 5 nitrogen and oxygen atoms in total. The van der Waals surface area contributed by atoms with Crippen LogP contribution in [0.4, 0.5) is 0 Å². The Balaban J connectivity index is 1.82. The third-order valence-electron chi connectivity index (χ3n) is 3.68. The molecule has 0 saturated carbocycles. The minimum absolute atomic E-state index is 0.0125. The second-order valence-corrected chi connectivity index (χ2v) is 5.15. The SMILES string of the molecule is CC(=O)N1CCC(NCc2ccc(=O)n(C)c2)CC1. The quantitative estimate of drug-likeness (QED) is 0.863. The van der Waals surface area contributed by atoms with E-state index in [0.29, 0.717) is 6.04 Å². The lowest BCUT2D eigenvalue weighted by Gasteiger charge is -2.31. The van der Waals surface area contributed by atoms with Gasteiger partial charge in [0.1, 0.15) is 0 Å². The van der Waals surface area contributed by atoms with E-state index in [-0.39, 0.29) is 11.5 Å². The highest BCUT2D eigenvalue weighted by molar-refractivity contribution is 5.73. The number of carbonyl (C=O) groups excluding carboxylic acids is 1. The zero-order chi connectivity index (χ0) is 13.8. The topological polar surface area (TPSA) is 54.3 Å². The van der Waals surface area contributed by atoms with Crippen LogP contribution >= 0.6 is 0 Å². The Kier molecular flexibility index (Phi) is 4.37. The average Bonchev–Trinajstić information content (AvgIpc) is 2.40. The number of likely N-dealkylation sites (tertiary alicyclic amines) is 1. The molecule has 104 valence electrons. The Morgan fingerprint density at radius 2 is 2.05 bits per heavy atom. The predicted octanol–water partition coefficient (Wildman–Crippen LogP) is 0.486. The Hall–Kier alpha value is -1.62. The minimum Gasteiger partial charge on any atom is -0.343 e. The van der Waals surface area contributed by atoms with Gasteiger partial charge in [0.15, 0.2) is 0 Å². The zero-order valence-electron chi connectivity index (χ0n) is 11.6. The fourth-order valence-corrected chi connectivity index (χ4v) is 2.42. The number of hydrogen-bond donors (Lipinski definition) is 1. The van der Waals surface area contributed by atoms with Crippen molar-refractivity contribution in [1.82, 2.24) is 14.8 Å². The first-order chi connectivity index (χ1) is 9.06. The molecule has 1 aliphatic heterocycles. The van der Waals surface area contributed by atoms with Crippen molar-refractivity contribution in [3.8, 4) is 0 Å². The molecule has 1 aromatic heterocycles.